The number of nitrogens with two attached hydrogens (primary N) is 1. The van der Waals surface area contributed by atoms with Crippen LogP contribution in [0, 0.1) is 6.92 Å². The Balaban J connectivity index is 3.16. The number of rotatable bonds is 6. The fraction of sp³-hybridized carbons (Fsp3) is 0.500. The van der Waals surface area contributed by atoms with Crippen molar-refractivity contribution < 1.29 is 5.11 Å². The lowest BCUT2D eigenvalue weighted by molar-refractivity contribution is 0.288. The van der Waals surface area contributed by atoms with Crippen molar-refractivity contribution in [3.05, 3.63) is 29.3 Å². The summed E-state index contributed by atoms with van der Waals surface area (Å²) in [6.45, 7) is 7.30. The summed E-state index contributed by atoms with van der Waals surface area (Å²) in [6.07, 6.45) is 0.739. The van der Waals surface area contributed by atoms with Gasteiger partial charge in [0.05, 0.1) is 0 Å². The van der Waals surface area contributed by atoms with Crippen molar-refractivity contribution in [3.63, 3.8) is 0 Å². The highest BCUT2D eigenvalue weighted by molar-refractivity contribution is 7.80. The second-order valence-corrected chi connectivity index (χ2v) is 5.19. The van der Waals surface area contributed by atoms with Gasteiger partial charge in [0.2, 0.25) is 0 Å². The average molecular weight is 266 g/mol. The molecule has 0 aliphatic rings. The summed E-state index contributed by atoms with van der Waals surface area (Å²) in [4.78, 5) is 2.65. The molecule has 0 spiro atoms. The van der Waals surface area contributed by atoms with E-state index in [9.17, 15) is 0 Å². The normalized spacial score (nSPS) is 10.7. The summed E-state index contributed by atoms with van der Waals surface area (Å²) in [5.41, 5.74) is 8.93. The number of benzene rings is 1. The van der Waals surface area contributed by atoms with Crippen LogP contribution in [0.25, 0.3) is 0 Å². The Hall–Kier alpha value is -1.13. The van der Waals surface area contributed by atoms with E-state index in [1.54, 1.807) is 0 Å². The molecule has 0 saturated carbocycles. The van der Waals surface area contributed by atoms with Crippen LogP contribution in [-0.2, 0) is 0 Å². The van der Waals surface area contributed by atoms with E-state index in [-0.39, 0.29) is 6.61 Å². The molecule has 1 aromatic carbocycles. The molecule has 100 valence electrons. The number of anilines is 1. The van der Waals surface area contributed by atoms with E-state index in [1.165, 1.54) is 5.56 Å². The molecule has 0 heterocycles. The van der Waals surface area contributed by atoms with Gasteiger partial charge < -0.3 is 15.7 Å². The topological polar surface area (TPSA) is 49.5 Å². The lowest BCUT2D eigenvalue weighted by atomic mass is 10.1. The van der Waals surface area contributed by atoms with Gasteiger partial charge in [0.1, 0.15) is 4.99 Å². The Kier molecular flexibility index (Phi) is 5.56. The number of aliphatic hydroxyl groups excluding tert-OH is 1. The molecule has 0 aliphatic heterocycles. The van der Waals surface area contributed by atoms with Gasteiger partial charge in [-0.2, -0.15) is 0 Å². The highest BCUT2D eigenvalue weighted by Crippen LogP contribution is 2.24. The van der Waals surface area contributed by atoms with Crippen LogP contribution in [-0.4, -0.2) is 29.3 Å². The average Bonchev–Trinajstić information content (AvgIpc) is 2.28. The largest absolute Gasteiger partial charge is 0.396 e. The van der Waals surface area contributed by atoms with E-state index in [1.807, 2.05) is 12.1 Å². The number of thiocarbonyl (C=S) groups is 1. The summed E-state index contributed by atoms with van der Waals surface area (Å²) in [6, 6.07) is 6.43. The molecule has 3 nitrogen and oxygen atoms in total. The maximum atomic E-state index is 9.00. The molecule has 0 saturated heterocycles. The highest BCUT2D eigenvalue weighted by Gasteiger charge is 2.15. The Morgan fingerprint density at radius 2 is 2.11 bits per heavy atom. The first-order valence-electron chi connectivity index (χ1n) is 6.25. The first kappa shape index (κ1) is 14.9. The highest BCUT2D eigenvalue weighted by atomic mass is 32.1. The van der Waals surface area contributed by atoms with E-state index in [0.717, 1.165) is 24.2 Å². The molecule has 18 heavy (non-hydrogen) atoms. The molecule has 0 bridgehead atoms. The second-order valence-electron chi connectivity index (χ2n) is 4.75. The van der Waals surface area contributed by atoms with E-state index >= 15 is 0 Å². The summed E-state index contributed by atoms with van der Waals surface area (Å²) >= 11 is 5.11. The third kappa shape index (κ3) is 3.68. The van der Waals surface area contributed by atoms with Gasteiger partial charge in [-0.25, -0.2) is 0 Å². The van der Waals surface area contributed by atoms with Crippen LogP contribution in [0.15, 0.2) is 18.2 Å². The first-order valence-corrected chi connectivity index (χ1v) is 6.66. The van der Waals surface area contributed by atoms with Crippen LogP contribution < -0.4 is 10.6 Å². The maximum Gasteiger partial charge on any atom is 0.106 e. The Morgan fingerprint density at radius 3 is 2.61 bits per heavy atom. The third-order valence-electron chi connectivity index (χ3n) is 2.91. The molecule has 0 atom stereocenters. The summed E-state index contributed by atoms with van der Waals surface area (Å²) in [5.74, 6) is 0. The van der Waals surface area contributed by atoms with Crippen molar-refractivity contribution in [1.82, 2.24) is 0 Å². The second kappa shape index (κ2) is 6.71. The van der Waals surface area contributed by atoms with Crippen molar-refractivity contribution in [1.29, 1.82) is 0 Å². The maximum absolute atomic E-state index is 9.00. The van der Waals surface area contributed by atoms with Crippen molar-refractivity contribution >= 4 is 22.9 Å². The monoisotopic (exact) mass is 266 g/mol. The van der Waals surface area contributed by atoms with Crippen molar-refractivity contribution in [2.45, 2.75) is 33.2 Å². The van der Waals surface area contributed by atoms with Gasteiger partial charge in [-0.05, 0) is 44.9 Å². The first-order chi connectivity index (χ1) is 8.47. The fourth-order valence-electron chi connectivity index (χ4n) is 1.99. The zero-order chi connectivity index (χ0) is 13.7. The van der Waals surface area contributed by atoms with Gasteiger partial charge in [0.25, 0.3) is 0 Å². The molecule has 0 radical (unpaired) electrons. The molecule has 0 aliphatic carbocycles. The zero-order valence-corrected chi connectivity index (χ0v) is 12.1. The fourth-order valence-corrected chi connectivity index (χ4v) is 2.16. The van der Waals surface area contributed by atoms with Crippen molar-refractivity contribution in [2.75, 3.05) is 18.1 Å². The minimum absolute atomic E-state index is 0.192. The van der Waals surface area contributed by atoms with E-state index in [4.69, 9.17) is 23.1 Å². The predicted molar refractivity (Wildman–Crippen MR) is 81.3 cm³/mol. The Labute approximate surface area is 115 Å². The van der Waals surface area contributed by atoms with Gasteiger partial charge >= 0.3 is 0 Å². The summed E-state index contributed by atoms with van der Waals surface area (Å²) in [5, 5.41) is 9.00. The number of nitrogens with zero attached hydrogens (tertiary/aromatic N) is 1. The van der Waals surface area contributed by atoms with Crippen molar-refractivity contribution in [2.24, 2.45) is 5.73 Å². The summed E-state index contributed by atoms with van der Waals surface area (Å²) in [7, 11) is 0. The van der Waals surface area contributed by atoms with Crippen LogP contribution in [0.2, 0.25) is 0 Å². The van der Waals surface area contributed by atoms with Crippen LogP contribution >= 0.6 is 12.2 Å². The van der Waals surface area contributed by atoms with Crippen LogP contribution in [0.4, 0.5) is 5.69 Å². The molecular formula is C14H22N2OS. The number of hydrogen-bond donors (Lipinski definition) is 2. The smallest absolute Gasteiger partial charge is 0.106 e. The number of hydrogen-bond acceptors (Lipinski definition) is 3. The molecule has 1 rings (SSSR count). The molecule has 1 aromatic rings. The predicted octanol–water partition coefficient (Wildman–Crippen LogP) is 2.23. The Bertz CT molecular complexity index is 418. The lowest BCUT2D eigenvalue weighted by Crippen LogP contribution is -2.34. The third-order valence-corrected chi connectivity index (χ3v) is 3.13. The van der Waals surface area contributed by atoms with Gasteiger partial charge in [0.15, 0.2) is 0 Å². The van der Waals surface area contributed by atoms with Gasteiger partial charge in [-0.3, -0.25) is 0 Å². The number of aliphatic hydroxyl groups is 1. The minimum atomic E-state index is 0.192. The Morgan fingerprint density at radius 1 is 1.44 bits per heavy atom. The van der Waals surface area contributed by atoms with Crippen molar-refractivity contribution in [3.8, 4) is 0 Å². The zero-order valence-electron chi connectivity index (χ0n) is 11.3. The van der Waals surface area contributed by atoms with E-state index in [0.29, 0.717) is 11.0 Å². The number of aryl methyl sites for hydroxylation is 1. The standard InChI is InChI=1S/C14H22N2OS/c1-10(2)16(7-4-8-17)13-9-11(3)5-6-12(13)14(15)18/h5-6,9-10,17H,4,7-8H2,1-3H3,(H2,15,18). The SMILES string of the molecule is Cc1ccc(C(N)=S)c(N(CCCO)C(C)C)c1. The quantitative estimate of drug-likeness (QED) is 0.775. The molecule has 0 unspecified atom stereocenters. The van der Waals surface area contributed by atoms with Crippen LogP contribution in [0.1, 0.15) is 31.4 Å². The molecule has 0 fully saturated rings. The summed E-state index contributed by atoms with van der Waals surface area (Å²) < 4.78 is 0. The van der Waals surface area contributed by atoms with E-state index < -0.39 is 0 Å². The van der Waals surface area contributed by atoms with Crippen LogP contribution in [0.5, 0.6) is 0 Å². The van der Waals surface area contributed by atoms with Gasteiger partial charge in [-0.15, -0.1) is 0 Å². The lowest BCUT2D eigenvalue weighted by Gasteiger charge is -2.31. The van der Waals surface area contributed by atoms with Crippen LogP contribution in [0.3, 0.4) is 0 Å². The molecule has 3 N–H and O–H groups in total. The minimum Gasteiger partial charge on any atom is -0.396 e. The molecular weight excluding hydrogens is 244 g/mol. The molecule has 4 heteroatoms. The van der Waals surface area contributed by atoms with E-state index in [2.05, 4.69) is 31.7 Å². The molecule has 0 aromatic heterocycles. The van der Waals surface area contributed by atoms with Gasteiger partial charge in [-0.1, -0.05) is 18.3 Å². The molecule has 0 amide bonds. The van der Waals surface area contributed by atoms with Gasteiger partial charge in [0, 0.05) is 30.4 Å².